The summed E-state index contributed by atoms with van der Waals surface area (Å²) in [5.74, 6) is 0. The number of hydrogen-bond donors (Lipinski definition) is 1. The molecule has 0 aromatic carbocycles. The summed E-state index contributed by atoms with van der Waals surface area (Å²) in [7, 11) is 1.92. The lowest BCUT2D eigenvalue weighted by Crippen LogP contribution is -2.36. The first kappa shape index (κ1) is 12.0. The highest BCUT2D eigenvalue weighted by Gasteiger charge is 2.31. The summed E-state index contributed by atoms with van der Waals surface area (Å²) < 4.78 is 13.4. The van der Waals surface area contributed by atoms with E-state index in [1.165, 1.54) is 4.88 Å². The van der Waals surface area contributed by atoms with Gasteiger partial charge in [0.05, 0.1) is 11.2 Å². The third-order valence-corrected chi connectivity index (χ3v) is 4.03. The van der Waals surface area contributed by atoms with E-state index >= 15 is 0 Å². The molecule has 1 aliphatic rings. The molecule has 1 aromatic rings. The summed E-state index contributed by atoms with van der Waals surface area (Å²) in [4.78, 5) is 7.71. The second-order valence-electron chi connectivity index (χ2n) is 4.33. The zero-order valence-corrected chi connectivity index (χ0v) is 10.6. The molecule has 2 heterocycles. The lowest BCUT2D eigenvalue weighted by Gasteiger charge is -2.23. The number of aryl methyl sites for hydroxylation is 1. The van der Waals surface area contributed by atoms with Gasteiger partial charge in [0.2, 0.25) is 0 Å². The Morgan fingerprint density at radius 1 is 1.69 bits per heavy atom. The Morgan fingerprint density at radius 2 is 2.50 bits per heavy atom. The van der Waals surface area contributed by atoms with Crippen molar-refractivity contribution in [3.05, 3.63) is 16.1 Å². The second kappa shape index (κ2) is 5.21. The van der Waals surface area contributed by atoms with Crippen LogP contribution in [0.2, 0.25) is 0 Å². The summed E-state index contributed by atoms with van der Waals surface area (Å²) in [5.41, 5.74) is 2.94. The molecule has 90 valence electrons. The minimum atomic E-state index is -0.674. The number of rotatable bonds is 4. The van der Waals surface area contributed by atoms with E-state index in [1.807, 2.05) is 19.5 Å². The van der Waals surface area contributed by atoms with Crippen LogP contribution in [0.15, 0.2) is 5.51 Å². The van der Waals surface area contributed by atoms with Crippen molar-refractivity contribution >= 4 is 11.3 Å². The maximum atomic E-state index is 13.4. The van der Waals surface area contributed by atoms with Crippen molar-refractivity contribution in [3.8, 4) is 0 Å². The fraction of sp³-hybridized carbons (Fsp3) is 0.727. The zero-order valence-electron chi connectivity index (χ0n) is 9.74. The van der Waals surface area contributed by atoms with Gasteiger partial charge in [-0.2, -0.15) is 0 Å². The van der Waals surface area contributed by atoms with Crippen molar-refractivity contribution in [3.63, 3.8) is 0 Å². The normalized spacial score (nSPS) is 26.4. The van der Waals surface area contributed by atoms with Crippen LogP contribution in [0.3, 0.4) is 0 Å². The molecule has 3 nitrogen and oxygen atoms in total. The van der Waals surface area contributed by atoms with Crippen molar-refractivity contribution in [2.24, 2.45) is 0 Å². The van der Waals surface area contributed by atoms with Gasteiger partial charge >= 0.3 is 0 Å². The summed E-state index contributed by atoms with van der Waals surface area (Å²) in [6.45, 7) is 4.27. The van der Waals surface area contributed by atoms with E-state index in [0.29, 0.717) is 19.0 Å². The molecular formula is C11H18FN3S. The average molecular weight is 243 g/mol. The monoisotopic (exact) mass is 243 g/mol. The zero-order chi connectivity index (χ0) is 11.5. The van der Waals surface area contributed by atoms with Crippen LogP contribution in [0, 0.1) is 6.92 Å². The van der Waals surface area contributed by atoms with E-state index in [2.05, 4.69) is 15.2 Å². The number of alkyl halides is 1. The predicted octanol–water partition coefficient (Wildman–Crippen LogP) is 1.58. The van der Waals surface area contributed by atoms with Gasteiger partial charge in [-0.1, -0.05) is 0 Å². The molecule has 1 N–H and O–H groups in total. The minimum absolute atomic E-state index is 0.321. The Labute approximate surface area is 99.7 Å². The van der Waals surface area contributed by atoms with Crippen LogP contribution in [0.1, 0.15) is 17.0 Å². The molecule has 1 fully saturated rings. The van der Waals surface area contributed by atoms with Crippen molar-refractivity contribution in [1.82, 2.24) is 15.2 Å². The Balaban J connectivity index is 2.00. The first-order valence-electron chi connectivity index (χ1n) is 5.62. The fourth-order valence-electron chi connectivity index (χ4n) is 2.23. The third-order valence-electron chi connectivity index (χ3n) is 3.11. The summed E-state index contributed by atoms with van der Waals surface area (Å²) in [6.07, 6.45) is -0.0230. The molecule has 1 aliphatic heterocycles. The van der Waals surface area contributed by atoms with Gasteiger partial charge in [0.15, 0.2) is 0 Å². The van der Waals surface area contributed by atoms with Crippen LogP contribution in [0.5, 0.6) is 0 Å². The molecule has 2 unspecified atom stereocenters. The highest BCUT2D eigenvalue weighted by atomic mass is 32.1. The molecule has 16 heavy (non-hydrogen) atoms. The molecule has 2 rings (SSSR count). The Morgan fingerprint density at radius 3 is 3.12 bits per heavy atom. The topological polar surface area (TPSA) is 28.2 Å². The number of nitrogens with one attached hydrogen (secondary N) is 1. The Bertz CT molecular complexity index is 342. The molecule has 0 spiro atoms. The van der Waals surface area contributed by atoms with Gasteiger partial charge in [0.1, 0.15) is 6.17 Å². The highest BCUT2D eigenvalue weighted by molar-refractivity contribution is 7.09. The van der Waals surface area contributed by atoms with E-state index in [0.717, 1.165) is 18.8 Å². The molecule has 1 saturated heterocycles. The van der Waals surface area contributed by atoms with E-state index in [1.54, 1.807) is 11.3 Å². The predicted molar refractivity (Wildman–Crippen MR) is 64.5 cm³/mol. The number of halogens is 1. The van der Waals surface area contributed by atoms with Crippen molar-refractivity contribution < 1.29 is 4.39 Å². The smallest absolute Gasteiger partial charge is 0.114 e. The van der Waals surface area contributed by atoms with E-state index in [-0.39, 0.29) is 0 Å². The fourth-order valence-corrected chi connectivity index (χ4v) is 3.03. The molecule has 0 bridgehead atoms. The molecule has 0 saturated carbocycles. The lowest BCUT2D eigenvalue weighted by atomic mass is 10.2. The number of likely N-dealkylation sites (tertiary alicyclic amines) is 1. The number of hydrogen-bond acceptors (Lipinski definition) is 4. The molecule has 2 atom stereocenters. The van der Waals surface area contributed by atoms with Gasteiger partial charge < -0.3 is 5.32 Å². The molecule has 0 amide bonds. The Kier molecular flexibility index (Phi) is 3.89. The van der Waals surface area contributed by atoms with Crippen LogP contribution in [-0.2, 0) is 6.54 Å². The van der Waals surface area contributed by atoms with Crippen LogP contribution >= 0.6 is 11.3 Å². The first-order chi connectivity index (χ1) is 7.70. The molecule has 0 radical (unpaired) electrons. The largest absolute Gasteiger partial charge is 0.318 e. The molecule has 5 heteroatoms. The van der Waals surface area contributed by atoms with Crippen LogP contribution in [0.4, 0.5) is 4.39 Å². The maximum Gasteiger partial charge on any atom is 0.114 e. The first-order valence-corrected chi connectivity index (χ1v) is 6.50. The van der Waals surface area contributed by atoms with Gasteiger partial charge in [-0.05, 0) is 20.4 Å². The van der Waals surface area contributed by atoms with Gasteiger partial charge in [0.25, 0.3) is 0 Å². The summed E-state index contributed by atoms with van der Waals surface area (Å²) in [5, 5.41) is 3.13. The van der Waals surface area contributed by atoms with E-state index in [4.69, 9.17) is 0 Å². The standard InChI is InChI=1S/C11H18FN3S/c1-8-11(16-7-14-8)6-15-5-9(12)3-10(15)4-13-2/h7,9-10,13H,3-6H2,1-2H3. The maximum absolute atomic E-state index is 13.4. The lowest BCUT2D eigenvalue weighted by molar-refractivity contribution is 0.234. The van der Waals surface area contributed by atoms with E-state index < -0.39 is 6.17 Å². The third kappa shape index (κ3) is 2.59. The quantitative estimate of drug-likeness (QED) is 0.870. The van der Waals surface area contributed by atoms with Gasteiger partial charge in [-0.15, -0.1) is 11.3 Å². The molecular weight excluding hydrogens is 225 g/mol. The highest BCUT2D eigenvalue weighted by Crippen LogP contribution is 2.24. The van der Waals surface area contributed by atoms with Crippen molar-refractivity contribution in [1.29, 1.82) is 0 Å². The van der Waals surface area contributed by atoms with Crippen LogP contribution < -0.4 is 5.32 Å². The Hall–Kier alpha value is -0.520. The molecule has 1 aromatic heterocycles. The number of likely N-dealkylation sites (N-methyl/N-ethyl adjacent to an activating group) is 1. The van der Waals surface area contributed by atoms with Gasteiger partial charge in [-0.3, -0.25) is 4.90 Å². The SMILES string of the molecule is CNCC1CC(F)CN1Cc1scnc1C. The number of thiazole rings is 1. The average Bonchev–Trinajstić information content (AvgIpc) is 2.77. The van der Waals surface area contributed by atoms with E-state index in [9.17, 15) is 4.39 Å². The van der Waals surface area contributed by atoms with Crippen LogP contribution in [0.25, 0.3) is 0 Å². The minimum Gasteiger partial charge on any atom is -0.318 e. The summed E-state index contributed by atoms with van der Waals surface area (Å²) >= 11 is 1.66. The van der Waals surface area contributed by atoms with Crippen molar-refractivity contribution in [2.45, 2.75) is 32.1 Å². The van der Waals surface area contributed by atoms with Crippen LogP contribution in [-0.4, -0.2) is 42.2 Å². The number of nitrogens with zero attached hydrogens (tertiary/aromatic N) is 2. The summed E-state index contributed by atoms with van der Waals surface area (Å²) in [6, 6.07) is 0.321. The number of aromatic nitrogens is 1. The second-order valence-corrected chi connectivity index (χ2v) is 5.27. The van der Waals surface area contributed by atoms with Gasteiger partial charge in [-0.25, -0.2) is 9.37 Å². The van der Waals surface area contributed by atoms with Crippen molar-refractivity contribution in [2.75, 3.05) is 20.1 Å². The van der Waals surface area contributed by atoms with Gasteiger partial charge in [0, 0.05) is 30.6 Å². The molecule has 0 aliphatic carbocycles.